The molecular formula is C19H27N3O6S. The molecule has 1 atom stereocenters. The van der Waals surface area contributed by atoms with Gasteiger partial charge in [-0.15, -0.1) is 0 Å². The lowest BCUT2D eigenvalue weighted by Crippen LogP contribution is -2.59. The van der Waals surface area contributed by atoms with Gasteiger partial charge in [-0.05, 0) is 26.0 Å². The predicted octanol–water partition coefficient (Wildman–Crippen LogP) is 0.326. The number of fused-ring (bicyclic) bond motifs is 1. The number of amides is 1. The van der Waals surface area contributed by atoms with E-state index in [0.717, 1.165) is 0 Å². The Morgan fingerprint density at radius 2 is 1.72 bits per heavy atom. The van der Waals surface area contributed by atoms with Gasteiger partial charge in [0, 0.05) is 39.3 Å². The minimum atomic E-state index is -3.58. The number of ether oxygens (including phenoxy) is 3. The van der Waals surface area contributed by atoms with Gasteiger partial charge in [-0.25, -0.2) is 0 Å². The lowest BCUT2D eigenvalue weighted by molar-refractivity contribution is -0.142. The molecule has 0 spiro atoms. The fourth-order valence-electron chi connectivity index (χ4n) is 3.82. The first-order chi connectivity index (χ1) is 13.8. The molecule has 0 saturated carbocycles. The molecule has 4 rings (SSSR count). The minimum absolute atomic E-state index is 0.150. The largest absolute Gasteiger partial charge is 0.485 e. The highest BCUT2D eigenvalue weighted by Gasteiger charge is 2.40. The number of para-hydroxylation sites is 2. The zero-order valence-corrected chi connectivity index (χ0v) is 17.6. The van der Waals surface area contributed by atoms with Gasteiger partial charge >= 0.3 is 0 Å². The summed E-state index contributed by atoms with van der Waals surface area (Å²) in [7, 11) is -3.58. The summed E-state index contributed by atoms with van der Waals surface area (Å²) in [5, 5.41) is 0. The Balaban J connectivity index is 1.35. The summed E-state index contributed by atoms with van der Waals surface area (Å²) in [6.07, 6.45) is -0.715. The first-order valence-electron chi connectivity index (χ1n) is 9.83. The molecule has 2 saturated heterocycles. The van der Waals surface area contributed by atoms with E-state index in [9.17, 15) is 13.2 Å². The summed E-state index contributed by atoms with van der Waals surface area (Å²) in [6, 6.07) is 7.24. The maximum absolute atomic E-state index is 13.0. The number of carbonyl (C=O) groups excluding carboxylic acids is 1. The topological polar surface area (TPSA) is 88.6 Å². The molecule has 1 aromatic rings. The van der Waals surface area contributed by atoms with Crippen molar-refractivity contribution in [1.82, 2.24) is 13.5 Å². The number of hydrogen-bond acceptors (Lipinski definition) is 6. The maximum Gasteiger partial charge on any atom is 0.282 e. The second-order valence-electron chi connectivity index (χ2n) is 8.04. The molecule has 3 aliphatic heterocycles. The smallest absolute Gasteiger partial charge is 0.282 e. The van der Waals surface area contributed by atoms with Gasteiger partial charge in [-0.1, -0.05) is 12.1 Å². The third-order valence-electron chi connectivity index (χ3n) is 5.38. The van der Waals surface area contributed by atoms with E-state index in [1.54, 1.807) is 17.0 Å². The van der Waals surface area contributed by atoms with Gasteiger partial charge in [0.05, 0.1) is 12.2 Å². The van der Waals surface area contributed by atoms with Gasteiger partial charge in [0.25, 0.3) is 16.1 Å². The zero-order chi connectivity index (χ0) is 20.6. The van der Waals surface area contributed by atoms with Crippen LogP contribution in [-0.4, -0.2) is 92.0 Å². The van der Waals surface area contributed by atoms with E-state index in [1.807, 2.05) is 26.0 Å². The molecule has 0 radical (unpaired) electrons. The van der Waals surface area contributed by atoms with Crippen molar-refractivity contribution in [1.29, 1.82) is 0 Å². The quantitative estimate of drug-likeness (QED) is 0.693. The molecule has 10 heteroatoms. The third-order valence-corrected chi connectivity index (χ3v) is 7.36. The van der Waals surface area contributed by atoms with Crippen LogP contribution < -0.4 is 9.47 Å². The number of nitrogens with zero attached hydrogens (tertiary/aromatic N) is 3. The number of rotatable bonds is 3. The number of morpholine rings is 1. The number of piperazine rings is 1. The van der Waals surface area contributed by atoms with E-state index in [2.05, 4.69) is 0 Å². The van der Waals surface area contributed by atoms with Crippen LogP contribution in [0.2, 0.25) is 0 Å². The molecule has 0 bridgehead atoms. The minimum Gasteiger partial charge on any atom is -0.485 e. The summed E-state index contributed by atoms with van der Waals surface area (Å²) in [6.45, 7) is 6.14. The molecule has 160 valence electrons. The molecule has 3 heterocycles. The molecular weight excluding hydrogens is 398 g/mol. The Bertz CT molecular complexity index is 866. The van der Waals surface area contributed by atoms with Crippen LogP contribution in [0.5, 0.6) is 11.5 Å². The van der Waals surface area contributed by atoms with Crippen LogP contribution in [-0.2, 0) is 19.7 Å². The van der Waals surface area contributed by atoms with Gasteiger partial charge in [0.15, 0.2) is 11.5 Å². The molecule has 29 heavy (non-hydrogen) atoms. The summed E-state index contributed by atoms with van der Waals surface area (Å²) < 4.78 is 45.9. The first kappa shape index (κ1) is 20.4. The van der Waals surface area contributed by atoms with Crippen molar-refractivity contribution < 1.29 is 27.4 Å². The Morgan fingerprint density at radius 3 is 2.41 bits per heavy atom. The normalized spacial score (nSPS) is 25.6. The molecule has 2 fully saturated rings. The average Bonchev–Trinajstić information content (AvgIpc) is 2.72. The standard InChI is InChI=1S/C19H27N3O6S/c1-19(2)14-22(11-12-27-19)29(24,25)21-9-7-20(8-10-21)18(23)17-13-26-15-5-3-4-6-16(15)28-17/h3-6,17H,7-14H2,1-2H3. The highest BCUT2D eigenvalue weighted by Crippen LogP contribution is 2.31. The zero-order valence-electron chi connectivity index (χ0n) is 16.7. The van der Waals surface area contributed by atoms with E-state index >= 15 is 0 Å². The molecule has 1 unspecified atom stereocenters. The molecule has 0 aromatic heterocycles. The Labute approximate surface area is 171 Å². The predicted molar refractivity (Wildman–Crippen MR) is 105 cm³/mol. The third kappa shape index (κ3) is 4.20. The van der Waals surface area contributed by atoms with Crippen molar-refractivity contribution in [2.75, 3.05) is 52.5 Å². The lowest BCUT2D eigenvalue weighted by Gasteiger charge is -2.42. The highest BCUT2D eigenvalue weighted by atomic mass is 32.2. The van der Waals surface area contributed by atoms with Crippen molar-refractivity contribution in [3.63, 3.8) is 0 Å². The molecule has 9 nitrogen and oxygen atoms in total. The van der Waals surface area contributed by atoms with Crippen molar-refractivity contribution in [2.45, 2.75) is 25.6 Å². The number of benzene rings is 1. The van der Waals surface area contributed by atoms with Crippen molar-refractivity contribution in [2.24, 2.45) is 0 Å². The van der Waals surface area contributed by atoms with Crippen LogP contribution in [0.25, 0.3) is 0 Å². The second-order valence-corrected chi connectivity index (χ2v) is 9.97. The van der Waals surface area contributed by atoms with Gasteiger partial charge in [-0.2, -0.15) is 17.0 Å². The van der Waals surface area contributed by atoms with Gasteiger partial charge in [0.1, 0.15) is 6.61 Å². The Morgan fingerprint density at radius 1 is 1.03 bits per heavy atom. The SMILES string of the molecule is CC1(C)CN(S(=O)(=O)N2CCN(C(=O)C3COc4ccccc4O3)CC2)CCO1. The summed E-state index contributed by atoms with van der Waals surface area (Å²) >= 11 is 0. The Hall–Kier alpha value is -1.88. The van der Waals surface area contributed by atoms with E-state index < -0.39 is 21.9 Å². The van der Waals surface area contributed by atoms with Crippen LogP contribution in [0.3, 0.4) is 0 Å². The maximum atomic E-state index is 13.0. The van der Waals surface area contributed by atoms with E-state index in [4.69, 9.17) is 14.2 Å². The monoisotopic (exact) mass is 425 g/mol. The van der Waals surface area contributed by atoms with Gasteiger partial charge < -0.3 is 19.1 Å². The fourth-order valence-corrected chi connectivity index (χ4v) is 5.55. The van der Waals surface area contributed by atoms with Gasteiger partial charge in [-0.3, -0.25) is 4.79 Å². The lowest BCUT2D eigenvalue weighted by atomic mass is 10.1. The number of hydrogen-bond donors (Lipinski definition) is 0. The van der Waals surface area contributed by atoms with Crippen molar-refractivity contribution >= 4 is 16.1 Å². The fraction of sp³-hybridized carbons (Fsp3) is 0.632. The molecule has 0 N–H and O–H groups in total. The molecule has 3 aliphatic rings. The summed E-state index contributed by atoms with van der Waals surface area (Å²) in [4.78, 5) is 14.5. The van der Waals surface area contributed by atoms with E-state index in [1.165, 1.54) is 8.61 Å². The van der Waals surface area contributed by atoms with E-state index in [0.29, 0.717) is 44.3 Å². The van der Waals surface area contributed by atoms with Crippen LogP contribution in [0.1, 0.15) is 13.8 Å². The van der Waals surface area contributed by atoms with Crippen LogP contribution in [0.15, 0.2) is 24.3 Å². The van der Waals surface area contributed by atoms with Crippen LogP contribution in [0.4, 0.5) is 0 Å². The summed E-state index contributed by atoms with van der Waals surface area (Å²) in [5.74, 6) is 0.998. The highest BCUT2D eigenvalue weighted by molar-refractivity contribution is 7.86. The molecule has 1 amide bonds. The van der Waals surface area contributed by atoms with Crippen LogP contribution >= 0.6 is 0 Å². The van der Waals surface area contributed by atoms with Gasteiger partial charge in [0.2, 0.25) is 6.10 Å². The summed E-state index contributed by atoms with van der Waals surface area (Å²) in [5.41, 5.74) is -0.502. The number of carbonyl (C=O) groups is 1. The second kappa shape index (κ2) is 7.75. The average molecular weight is 426 g/mol. The van der Waals surface area contributed by atoms with E-state index in [-0.39, 0.29) is 25.6 Å². The Kier molecular flexibility index (Phi) is 5.45. The van der Waals surface area contributed by atoms with Crippen molar-refractivity contribution in [3.8, 4) is 11.5 Å². The van der Waals surface area contributed by atoms with Crippen LogP contribution in [0, 0.1) is 0 Å². The first-order valence-corrected chi connectivity index (χ1v) is 11.2. The van der Waals surface area contributed by atoms with Crippen molar-refractivity contribution in [3.05, 3.63) is 24.3 Å². The molecule has 0 aliphatic carbocycles. The molecule has 1 aromatic carbocycles.